The molecular weight excluding hydrogens is 462 g/mol. The molecule has 0 saturated carbocycles. The molecule has 0 aliphatic rings. The summed E-state index contributed by atoms with van der Waals surface area (Å²) in [4.78, 5) is 15.5. The molecule has 31 heavy (non-hydrogen) atoms. The zero-order valence-corrected chi connectivity index (χ0v) is 18.4. The van der Waals surface area contributed by atoms with Crippen LogP contribution in [0.15, 0.2) is 54.6 Å². The van der Waals surface area contributed by atoms with E-state index in [-0.39, 0.29) is 15.6 Å². The molecule has 0 aliphatic carbocycles. The largest absolute Gasteiger partial charge is 0.486 e. The third-order valence-corrected chi connectivity index (χ3v) is 6.36. The number of carbonyl (C=O) groups is 1. The van der Waals surface area contributed by atoms with Crippen molar-refractivity contribution in [3.63, 3.8) is 0 Å². The normalized spacial score (nSPS) is 12.0. The van der Waals surface area contributed by atoms with Crippen LogP contribution in [-0.2, 0) is 0 Å². The van der Waals surface area contributed by atoms with Gasteiger partial charge >= 0.3 is 6.09 Å². The summed E-state index contributed by atoms with van der Waals surface area (Å²) in [5.41, 5.74) is 6.88. The van der Waals surface area contributed by atoms with Crippen LogP contribution >= 0.6 is 34.5 Å². The van der Waals surface area contributed by atoms with Crippen molar-refractivity contribution in [2.45, 2.75) is 13.0 Å². The quantitative estimate of drug-likeness (QED) is 0.314. The van der Waals surface area contributed by atoms with Crippen LogP contribution in [0.1, 0.15) is 18.6 Å². The van der Waals surface area contributed by atoms with Gasteiger partial charge in [-0.3, -0.25) is 0 Å². The fourth-order valence-electron chi connectivity index (χ4n) is 3.06. The Labute approximate surface area is 191 Å². The fourth-order valence-corrected chi connectivity index (χ4v) is 4.53. The highest BCUT2D eigenvalue weighted by molar-refractivity contribution is 7.21. The van der Waals surface area contributed by atoms with Crippen molar-refractivity contribution >= 4 is 50.8 Å². The van der Waals surface area contributed by atoms with Gasteiger partial charge in [-0.1, -0.05) is 23.2 Å². The van der Waals surface area contributed by atoms with Crippen LogP contribution in [0.25, 0.3) is 20.8 Å². The molecule has 1 amide bonds. The average Bonchev–Trinajstić information content (AvgIpc) is 3.14. The summed E-state index contributed by atoms with van der Waals surface area (Å²) in [6.45, 7) is 1.71. The highest BCUT2D eigenvalue weighted by Crippen LogP contribution is 2.37. The zero-order chi connectivity index (χ0) is 22.1. The minimum Gasteiger partial charge on any atom is -0.486 e. The first-order chi connectivity index (χ1) is 14.8. The first-order valence-electron chi connectivity index (χ1n) is 9.10. The summed E-state index contributed by atoms with van der Waals surface area (Å²) in [7, 11) is 0. The number of carbonyl (C=O) groups excluding carboxylic acids is 1. The minimum absolute atomic E-state index is 0.138. The molecule has 2 N–H and O–H groups in total. The number of aromatic nitrogens is 1. The van der Waals surface area contributed by atoms with Crippen LogP contribution in [-0.4, -0.2) is 11.1 Å². The van der Waals surface area contributed by atoms with Crippen LogP contribution in [0.3, 0.4) is 0 Å². The van der Waals surface area contributed by atoms with Crippen molar-refractivity contribution in [1.82, 2.24) is 4.98 Å². The second-order valence-corrected chi connectivity index (χ2v) is 8.43. The van der Waals surface area contributed by atoms with Gasteiger partial charge in [0.05, 0.1) is 20.3 Å². The van der Waals surface area contributed by atoms with Crippen LogP contribution in [0.4, 0.5) is 9.18 Å². The fraction of sp³-hybridized carbons (Fsp3) is 0.0909. The minimum atomic E-state index is -0.867. The predicted molar refractivity (Wildman–Crippen MR) is 121 cm³/mol. The van der Waals surface area contributed by atoms with Gasteiger partial charge in [0.2, 0.25) is 0 Å². The Bertz CT molecular complexity index is 1280. The number of nitrogens with two attached hydrogens (primary N) is 1. The van der Waals surface area contributed by atoms with E-state index in [0.29, 0.717) is 11.5 Å². The SMILES string of the molecule is CC(Oc1ccc2nc(-c3ccc(OC(N)=O)cc3)sc2c1)c1c(F)ccc(Cl)c1Cl. The maximum Gasteiger partial charge on any atom is 0.409 e. The lowest BCUT2D eigenvalue weighted by molar-refractivity contribution is 0.211. The number of fused-ring (bicyclic) bond motifs is 1. The lowest BCUT2D eigenvalue weighted by atomic mass is 10.1. The molecule has 0 fully saturated rings. The molecule has 158 valence electrons. The number of primary amides is 1. The third kappa shape index (κ3) is 4.58. The van der Waals surface area contributed by atoms with E-state index in [9.17, 15) is 9.18 Å². The van der Waals surface area contributed by atoms with Crippen molar-refractivity contribution in [3.05, 3.63) is 76.0 Å². The van der Waals surface area contributed by atoms with E-state index in [2.05, 4.69) is 4.98 Å². The second kappa shape index (κ2) is 8.70. The van der Waals surface area contributed by atoms with Crippen molar-refractivity contribution in [1.29, 1.82) is 0 Å². The number of nitrogens with zero attached hydrogens (tertiary/aromatic N) is 1. The molecule has 3 aromatic carbocycles. The summed E-state index contributed by atoms with van der Waals surface area (Å²) in [5.74, 6) is 0.427. The monoisotopic (exact) mass is 476 g/mol. The summed E-state index contributed by atoms with van der Waals surface area (Å²) in [6, 6.07) is 15.0. The highest BCUT2D eigenvalue weighted by Gasteiger charge is 2.19. The number of ether oxygens (including phenoxy) is 2. The molecule has 0 saturated heterocycles. The molecule has 0 aliphatic heterocycles. The average molecular weight is 477 g/mol. The molecule has 9 heteroatoms. The van der Waals surface area contributed by atoms with E-state index in [4.69, 9.17) is 38.4 Å². The molecule has 1 aromatic heterocycles. The van der Waals surface area contributed by atoms with E-state index in [1.165, 1.54) is 23.5 Å². The summed E-state index contributed by atoms with van der Waals surface area (Å²) >= 11 is 13.7. The van der Waals surface area contributed by atoms with Crippen molar-refractivity contribution in [2.24, 2.45) is 5.73 Å². The number of halogens is 3. The Kier molecular flexibility index (Phi) is 6.00. The van der Waals surface area contributed by atoms with E-state index in [0.717, 1.165) is 20.8 Å². The number of hydrogen-bond donors (Lipinski definition) is 1. The van der Waals surface area contributed by atoms with Crippen molar-refractivity contribution < 1.29 is 18.7 Å². The molecule has 1 unspecified atom stereocenters. The molecule has 1 heterocycles. The number of rotatable bonds is 5. The first kappa shape index (κ1) is 21.4. The van der Waals surface area contributed by atoms with E-state index in [1.807, 2.05) is 12.1 Å². The van der Waals surface area contributed by atoms with Crippen molar-refractivity contribution in [2.75, 3.05) is 0 Å². The molecule has 0 spiro atoms. The van der Waals surface area contributed by atoms with Crippen LogP contribution < -0.4 is 15.2 Å². The standard InChI is InChI=1S/C22H15Cl2FN2O3S/c1-11(19-16(25)8-7-15(23)20(19)24)29-14-6-9-17-18(10-14)31-21(27-17)12-2-4-13(5-3-12)30-22(26)28/h2-11H,1H3,(H2,26,28). The van der Waals surface area contributed by atoms with Gasteiger partial charge < -0.3 is 15.2 Å². The molecule has 0 radical (unpaired) electrons. The Hall–Kier alpha value is -2.87. The van der Waals surface area contributed by atoms with Crippen LogP contribution in [0.2, 0.25) is 10.0 Å². The smallest absolute Gasteiger partial charge is 0.409 e. The Morgan fingerprint density at radius 3 is 2.52 bits per heavy atom. The van der Waals surface area contributed by atoms with Gasteiger partial charge in [-0.15, -0.1) is 11.3 Å². The van der Waals surface area contributed by atoms with Gasteiger partial charge in [0.25, 0.3) is 0 Å². The van der Waals surface area contributed by atoms with Crippen LogP contribution in [0.5, 0.6) is 11.5 Å². The number of hydrogen-bond acceptors (Lipinski definition) is 5. The first-order valence-corrected chi connectivity index (χ1v) is 10.7. The van der Waals surface area contributed by atoms with E-state index in [1.54, 1.807) is 37.3 Å². The van der Waals surface area contributed by atoms with Gasteiger partial charge in [-0.05, 0) is 61.5 Å². The molecule has 4 rings (SSSR count). The maximum absolute atomic E-state index is 14.3. The Morgan fingerprint density at radius 1 is 1.10 bits per heavy atom. The van der Waals surface area contributed by atoms with Gasteiger partial charge in [-0.2, -0.15) is 0 Å². The topological polar surface area (TPSA) is 74.4 Å². The van der Waals surface area contributed by atoms with Crippen LogP contribution in [0, 0.1) is 5.82 Å². The number of amides is 1. The second-order valence-electron chi connectivity index (χ2n) is 6.61. The summed E-state index contributed by atoms with van der Waals surface area (Å²) in [5, 5.41) is 1.19. The molecule has 0 bridgehead atoms. The van der Waals surface area contributed by atoms with Crippen molar-refractivity contribution in [3.8, 4) is 22.1 Å². The Balaban J connectivity index is 1.58. The Morgan fingerprint density at radius 2 is 1.81 bits per heavy atom. The molecule has 5 nitrogen and oxygen atoms in total. The van der Waals surface area contributed by atoms with Gasteiger partial charge in [0.1, 0.15) is 28.4 Å². The van der Waals surface area contributed by atoms with Gasteiger partial charge in [0.15, 0.2) is 0 Å². The molecular formula is C22H15Cl2FN2O3S. The number of benzene rings is 3. The third-order valence-electron chi connectivity index (χ3n) is 4.48. The van der Waals surface area contributed by atoms with E-state index < -0.39 is 18.0 Å². The lowest BCUT2D eigenvalue weighted by Crippen LogP contribution is -2.16. The predicted octanol–water partition coefficient (Wildman–Crippen LogP) is 7.01. The maximum atomic E-state index is 14.3. The lowest BCUT2D eigenvalue weighted by Gasteiger charge is -2.17. The van der Waals surface area contributed by atoms with E-state index >= 15 is 0 Å². The van der Waals surface area contributed by atoms with Gasteiger partial charge in [0, 0.05) is 11.1 Å². The number of thiazole rings is 1. The molecule has 1 atom stereocenters. The summed E-state index contributed by atoms with van der Waals surface area (Å²) < 4.78 is 25.9. The zero-order valence-electron chi connectivity index (χ0n) is 16.1. The van der Waals surface area contributed by atoms with Gasteiger partial charge in [-0.25, -0.2) is 14.2 Å². The highest BCUT2D eigenvalue weighted by atomic mass is 35.5. The molecule has 4 aromatic rings. The summed E-state index contributed by atoms with van der Waals surface area (Å²) in [6.07, 6.45) is -1.51.